The van der Waals surface area contributed by atoms with Crippen LogP contribution in [0.5, 0.6) is 0 Å². The highest BCUT2D eigenvalue weighted by Gasteiger charge is 2.38. The summed E-state index contributed by atoms with van der Waals surface area (Å²) in [5.74, 6) is 1.91. The third-order valence-electron chi connectivity index (χ3n) is 1.88. The Morgan fingerprint density at radius 3 is 2.73 bits per heavy atom. The van der Waals surface area contributed by atoms with E-state index in [1.807, 2.05) is 11.8 Å². The van der Waals surface area contributed by atoms with E-state index in [1.54, 1.807) is 0 Å². The minimum atomic E-state index is -0.430. The molecule has 11 heavy (non-hydrogen) atoms. The second-order valence-corrected chi connectivity index (χ2v) is 3.83. The number of rotatable bonds is 1. The van der Waals surface area contributed by atoms with Crippen molar-refractivity contribution in [2.45, 2.75) is 12.1 Å². The fraction of sp³-hybridized carbons (Fsp3) is 0.833. The number of nitrogens with zero attached hydrogens (tertiary/aromatic N) is 1. The number of hydrogen-bond donors (Lipinski definition) is 1. The Bertz CT molecular complexity index is 183. The number of amides is 1. The number of carbonyl (C=O) groups excluding carboxylic acids is 1. The largest absolute Gasteiger partial charge is 0.318 e. The minimum Gasteiger partial charge on any atom is -0.318 e. The average molecular weight is 174 g/mol. The maximum absolute atomic E-state index is 11.2. The fourth-order valence-corrected chi connectivity index (χ4v) is 1.82. The first-order valence-corrected chi connectivity index (χ1v) is 4.74. The van der Waals surface area contributed by atoms with Crippen molar-refractivity contribution in [2.24, 2.45) is 5.73 Å². The van der Waals surface area contributed by atoms with Gasteiger partial charge in [-0.05, 0) is 0 Å². The van der Waals surface area contributed by atoms with Gasteiger partial charge in [-0.3, -0.25) is 9.63 Å². The van der Waals surface area contributed by atoms with Crippen molar-refractivity contribution in [1.29, 1.82) is 0 Å². The number of nitrogens with two attached hydrogens (primary N) is 1. The summed E-state index contributed by atoms with van der Waals surface area (Å²) in [5.41, 5.74) is 5.46. The van der Waals surface area contributed by atoms with Gasteiger partial charge in [0.15, 0.2) is 0 Å². The molecule has 4 nitrogen and oxygen atoms in total. The lowest BCUT2D eigenvalue weighted by Gasteiger charge is -2.31. The Hall–Kier alpha value is -0.260. The van der Waals surface area contributed by atoms with Gasteiger partial charge in [-0.1, -0.05) is 0 Å². The van der Waals surface area contributed by atoms with E-state index >= 15 is 0 Å². The third kappa shape index (κ3) is 1.13. The van der Waals surface area contributed by atoms with Gasteiger partial charge in [-0.15, -0.1) is 0 Å². The maximum Gasteiger partial charge on any atom is 0.265 e. The van der Waals surface area contributed by atoms with E-state index < -0.39 is 6.04 Å². The summed E-state index contributed by atoms with van der Waals surface area (Å²) in [6, 6.07) is -0.151. The Balaban J connectivity index is 1.98. The van der Waals surface area contributed by atoms with E-state index in [1.165, 1.54) is 5.06 Å². The molecule has 0 unspecified atom stereocenters. The molecule has 2 heterocycles. The second-order valence-electron chi connectivity index (χ2n) is 2.76. The van der Waals surface area contributed by atoms with Crippen molar-refractivity contribution in [3.05, 3.63) is 0 Å². The van der Waals surface area contributed by atoms with E-state index in [0.717, 1.165) is 11.5 Å². The fourth-order valence-electron chi connectivity index (χ4n) is 1.10. The van der Waals surface area contributed by atoms with E-state index in [9.17, 15) is 4.79 Å². The smallest absolute Gasteiger partial charge is 0.265 e. The topological polar surface area (TPSA) is 55.6 Å². The van der Waals surface area contributed by atoms with Crippen molar-refractivity contribution < 1.29 is 9.63 Å². The van der Waals surface area contributed by atoms with Gasteiger partial charge in [-0.2, -0.15) is 11.8 Å². The van der Waals surface area contributed by atoms with Crippen LogP contribution in [0.15, 0.2) is 0 Å². The molecule has 62 valence electrons. The van der Waals surface area contributed by atoms with Gasteiger partial charge in [0.1, 0.15) is 6.04 Å². The zero-order valence-electron chi connectivity index (χ0n) is 6.03. The molecule has 0 radical (unpaired) electrons. The monoisotopic (exact) mass is 174 g/mol. The third-order valence-corrected chi connectivity index (χ3v) is 3.12. The molecule has 1 atom stereocenters. The second kappa shape index (κ2) is 2.66. The molecule has 2 saturated heterocycles. The quantitative estimate of drug-likeness (QED) is 0.565. The molecule has 0 aromatic rings. The number of hydrogen-bond acceptors (Lipinski definition) is 4. The number of hydroxylamine groups is 2. The lowest BCUT2D eigenvalue weighted by Crippen LogP contribution is -2.46. The predicted octanol–water partition coefficient (Wildman–Crippen LogP) is -0.797. The Morgan fingerprint density at radius 2 is 2.36 bits per heavy atom. The molecule has 2 fully saturated rings. The van der Waals surface area contributed by atoms with E-state index in [4.69, 9.17) is 10.6 Å². The molecule has 5 heteroatoms. The van der Waals surface area contributed by atoms with Crippen molar-refractivity contribution in [2.75, 3.05) is 18.1 Å². The first kappa shape index (κ1) is 7.39. The molecule has 2 aliphatic rings. The standard InChI is InChI=1S/C6H10N2O2S/c7-5-1-10-8(6(5)9)4-2-11-3-4/h4-5H,1-3,7H2/t5-/m1/s1. The highest BCUT2D eigenvalue weighted by molar-refractivity contribution is 8.00. The van der Waals surface area contributed by atoms with Crippen LogP contribution in [0.1, 0.15) is 0 Å². The molecule has 0 bridgehead atoms. The van der Waals surface area contributed by atoms with Crippen LogP contribution in [-0.2, 0) is 9.63 Å². The molecule has 0 saturated carbocycles. The van der Waals surface area contributed by atoms with Crippen LogP contribution in [0.3, 0.4) is 0 Å². The molecule has 2 rings (SSSR count). The maximum atomic E-state index is 11.2. The van der Waals surface area contributed by atoms with Gasteiger partial charge in [0, 0.05) is 11.5 Å². The lowest BCUT2D eigenvalue weighted by atomic mass is 10.3. The van der Waals surface area contributed by atoms with Crippen molar-refractivity contribution in [3.8, 4) is 0 Å². The zero-order chi connectivity index (χ0) is 7.84. The Labute approximate surface area is 69.0 Å². The van der Waals surface area contributed by atoms with Crippen LogP contribution in [-0.4, -0.2) is 41.2 Å². The average Bonchev–Trinajstić information content (AvgIpc) is 2.15. The molecule has 0 aromatic heterocycles. The molecule has 0 aromatic carbocycles. The van der Waals surface area contributed by atoms with Gasteiger partial charge in [0.25, 0.3) is 5.91 Å². The molecular weight excluding hydrogens is 164 g/mol. The molecule has 2 aliphatic heterocycles. The molecule has 0 spiro atoms. The highest BCUT2D eigenvalue weighted by Crippen LogP contribution is 2.25. The van der Waals surface area contributed by atoms with Crippen LogP contribution in [0.4, 0.5) is 0 Å². The Kier molecular flexibility index (Phi) is 1.78. The summed E-state index contributed by atoms with van der Waals surface area (Å²) < 4.78 is 0. The summed E-state index contributed by atoms with van der Waals surface area (Å²) >= 11 is 1.82. The van der Waals surface area contributed by atoms with Crippen molar-refractivity contribution >= 4 is 17.7 Å². The summed E-state index contributed by atoms with van der Waals surface area (Å²) in [4.78, 5) is 16.3. The summed E-state index contributed by atoms with van der Waals surface area (Å²) in [7, 11) is 0. The van der Waals surface area contributed by atoms with E-state index in [2.05, 4.69) is 0 Å². The van der Waals surface area contributed by atoms with Gasteiger partial charge >= 0.3 is 0 Å². The highest BCUT2D eigenvalue weighted by atomic mass is 32.2. The summed E-state index contributed by atoms with van der Waals surface area (Å²) in [6.07, 6.45) is 0. The molecule has 0 aliphatic carbocycles. The van der Waals surface area contributed by atoms with Gasteiger partial charge in [0.2, 0.25) is 0 Å². The predicted molar refractivity (Wildman–Crippen MR) is 41.9 cm³/mol. The van der Waals surface area contributed by atoms with Gasteiger partial charge in [0.05, 0.1) is 12.6 Å². The summed E-state index contributed by atoms with van der Waals surface area (Å²) in [5, 5.41) is 1.45. The number of thioether (sulfide) groups is 1. The zero-order valence-corrected chi connectivity index (χ0v) is 6.84. The van der Waals surface area contributed by atoms with E-state index in [0.29, 0.717) is 6.61 Å². The van der Waals surface area contributed by atoms with Gasteiger partial charge < -0.3 is 5.73 Å². The lowest BCUT2D eigenvalue weighted by molar-refractivity contribution is -0.170. The van der Waals surface area contributed by atoms with Gasteiger partial charge in [-0.25, -0.2) is 5.06 Å². The van der Waals surface area contributed by atoms with Crippen LogP contribution in [0.2, 0.25) is 0 Å². The molecule has 2 N–H and O–H groups in total. The normalized spacial score (nSPS) is 32.6. The molecule has 1 amide bonds. The summed E-state index contributed by atoms with van der Waals surface area (Å²) in [6.45, 7) is 0.347. The van der Waals surface area contributed by atoms with E-state index in [-0.39, 0.29) is 11.9 Å². The Morgan fingerprint density at radius 1 is 1.64 bits per heavy atom. The molecular formula is C6H10N2O2S. The van der Waals surface area contributed by atoms with Crippen LogP contribution in [0.25, 0.3) is 0 Å². The van der Waals surface area contributed by atoms with Crippen LogP contribution < -0.4 is 5.73 Å². The van der Waals surface area contributed by atoms with Crippen LogP contribution >= 0.6 is 11.8 Å². The minimum absolute atomic E-state index is 0.0599. The van der Waals surface area contributed by atoms with Crippen molar-refractivity contribution in [3.63, 3.8) is 0 Å². The van der Waals surface area contributed by atoms with Crippen molar-refractivity contribution in [1.82, 2.24) is 5.06 Å². The first-order chi connectivity index (χ1) is 5.29. The number of carbonyl (C=O) groups is 1. The first-order valence-electron chi connectivity index (χ1n) is 3.58. The SMILES string of the molecule is N[C@@H]1CON(C2CSC2)C1=O. The van der Waals surface area contributed by atoms with Crippen LogP contribution in [0, 0.1) is 0 Å².